The summed E-state index contributed by atoms with van der Waals surface area (Å²) in [4.78, 5) is 15.6. The molecule has 0 amide bonds. The van der Waals surface area contributed by atoms with Crippen molar-refractivity contribution < 1.29 is 0 Å². The highest BCUT2D eigenvalue weighted by Crippen LogP contribution is 2.21. The van der Waals surface area contributed by atoms with Crippen LogP contribution in [0.25, 0.3) is 0 Å². The van der Waals surface area contributed by atoms with Crippen molar-refractivity contribution in [3.8, 4) is 0 Å². The lowest BCUT2D eigenvalue weighted by molar-refractivity contribution is 0.614. The largest absolute Gasteiger partial charge is 0.359 e. The van der Waals surface area contributed by atoms with Crippen LogP contribution in [0.5, 0.6) is 0 Å². The van der Waals surface area contributed by atoms with E-state index in [0.717, 1.165) is 30.4 Å². The quantitative estimate of drug-likeness (QED) is 0.806. The summed E-state index contributed by atoms with van der Waals surface area (Å²) in [6, 6.07) is 6.71. The maximum atomic E-state index is 4.76. The number of hydrogen-bond donors (Lipinski definition) is 1. The van der Waals surface area contributed by atoms with Crippen LogP contribution in [0.3, 0.4) is 0 Å². The maximum Gasteiger partial charge on any atom is 0.225 e. The van der Waals surface area contributed by atoms with Gasteiger partial charge in [-0.2, -0.15) is 4.98 Å². The molecule has 0 bridgehead atoms. The summed E-state index contributed by atoms with van der Waals surface area (Å²) in [7, 11) is 2.10. The van der Waals surface area contributed by atoms with Crippen molar-refractivity contribution in [1.29, 1.82) is 0 Å². The van der Waals surface area contributed by atoms with E-state index >= 15 is 0 Å². The molecule has 3 rings (SSSR count). The number of hydrogen-bond acceptors (Lipinski definition) is 5. The zero-order chi connectivity index (χ0) is 17.5. The lowest BCUT2D eigenvalue weighted by Gasteiger charge is -2.21. The van der Waals surface area contributed by atoms with Crippen LogP contribution < -0.4 is 10.2 Å². The topological polar surface area (TPSA) is 53.9 Å². The molecule has 0 unspecified atom stereocenters. The second-order valence-electron chi connectivity index (χ2n) is 7.05. The van der Waals surface area contributed by atoms with Crippen LogP contribution in [0.1, 0.15) is 49.8 Å². The first-order chi connectivity index (χ1) is 12.2. The summed E-state index contributed by atoms with van der Waals surface area (Å²) in [6.45, 7) is 2.96. The number of pyridine rings is 1. The van der Waals surface area contributed by atoms with Crippen LogP contribution in [0.2, 0.25) is 0 Å². The predicted molar refractivity (Wildman–Crippen MR) is 103 cm³/mol. The monoisotopic (exact) mass is 339 g/mol. The van der Waals surface area contributed by atoms with Gasteiger partial charge in [0.05, 0.1) is 0 Å². The van der Waals surface area contributed by atoms with Gasteiger partial charge in [-0.25, -0.2) is 4.98 Å². The molecule has 0 aromatic carbocycles. The summed E-state index contributed by atoms with van der Waals surface area (Å²) < 4.78 is 0. The van der Waals surface area contributed by atoms with Gasteiger partial charge in [0.25, 0.3) is 0 Å². The summed E-state index contributed by atoms with van der Waals surface area (Å²) in [5, 5.41) is 3.57. The molecule has 1 aliphatic carbocycles. The minimum Gasteiger partial charge on any atom is -0.359 e. The van der Waals surface area contributed by atoms with E-state index in [1.807, 2.05) is 19.3 Å². The Hall–Kier alpha value is -2.17. The number of anilines is 2. The van der Waals surface area contributed by atoms with Crippen LogP contribution >= 0.6 is 0 Å². The highest BCUT2D eigenvalue weighted by Gasteiger charge is 2.14. The predicted octanol–water partition coefficient (Wildman–Crippen LogP) is 3.99. The first kappa shape index (κ1) is 17.6. The zero-order valence-electron chi connectivity index (χ0n) is 15.4. The highest BCUT2D eigenvalue weighted by atomic mass is 15.2. The maximum absolute atomic E-state index is 4.76. The third kappa shape index (κ3) is 5.41. The molecular weight excluding hydrogens is 310 g/mol. The highest BCUT2D eigenvalue weighted by molar-refractivity contribution is 5.44. The first-order valence-corrected chi connectivity index (χ1v) is 9.43. The Morgan fingerprint density at radius 1 is 1.08 bits per heavy atom. The van der Waals surface area contributed by atoms with Crippen molar-refractivity contribution in [2.24, 2.45) is 0 Å². The van der Waals surface area contributed by atoms with Gasteiger partial charge in [0.2, 0.25) is 5.95 Å². The molecule has 5 heteroatoms. The summed E-state index contributed by atoms with van der Waals surface area (Å²) >= 11 is 0. The molecule has 5 nitrogen and oxygen atoms in total. The van der Waals surface area contributed by atoms with Gasteiger partial charge in [0, 0.05) is 43.8 Å². The van der Waals surface area contributed by atoms with Gasteiger partial charge in [0.15, 0.2) is 0 Å². The van der Waals surface area contributed by atoms with Gasteiger partial charge in [-0.05, 0) is 43.9 Å². The molecule has 1 aliphatic rings. The van der Waals surface area contributed by atoms with Gasteiger partial charge in [-0.3, -0.25) is 4.98 Å². The molecule has 134 valence electrons. The molecule has 1 fully saturated rings. The number of nitrogens with one attached hydrogen (secondary N) is 1. The van der Waals surface area contributed by atoms with Crippen LogP contribution in [0.4, 0.5) is 11.8 Å². The van der Waals surface area contributed by atoms with Crippen LogP contribution in [0, 0.1) is 6.92 Å². The molecule has 0 radical (unpaired) electrons. The van der Waals surface area contributed by atoms with Crippen molar-refractivity contribution in [3.63, 3.8) is 0 Å². The second kappa shape index (κ2) is 8.79. The van der Waals surface area contributed by atoms with E-state index < -0.39 is 0 Å². The molecule has 1 N–H and O–H groups in total. The molecule has 0 spiro atoms. The van der Waals surface area contributed by atoms with E-state index in [1.165, 1.54) is 44.1 Å². The van der Waals surface area contributed by atoms with E-state index in [1.54, 1.807) is 0 Å². The SMILES string of the molecule is Cc1cc(N(C)CCc2ccncc2)nc(NC2CCCCCC2)n1. The third-order valence-corrected chi connectivity index (χ3v) is 4.91. The summed E-state index contributed by atoms with van der Waals surface area (Å²) in [5.41, 5.74) is 2.31. The standard InChI is InChI=1S/C20H29N5/c1-16-15-19(25(2)14-11-17-9-12-21-13-10-17)24-20(22-16)23-18-7-5-3-4-6-8-18/h9-10,12-13,15,18H,3-8,11,14H2,1-2H3,(H,22,23,24). The first-order valence-electron chi connectivity index (χ1n) is 9.43. The molecule has 2 heterocycles. The van der Waals surface area contributed by atoms with Gasteiger partial charge in [-0.15, -0.1) is 0 Å². The van der Waals surface area contributed by atoms with Crippen molar-refractivity contribution >= 4 is 11.8 Å². The lowest BCUT2D eigenvalue weighted by atomic mass is 10.1. The summed E-state index contributed by atoms with van der Waals surface area (Å²) in [6.07, 6.45) is 12.5. The van der Waals surface area contributed by atoms with Crippen molar-refractivity contribution in [1.82, 2.24) is 15.0 Å². The number of rotatable bonds is 6. The fourth-order valence-electron chi connectivity index (χ4n) is 3.38. The van der Waals surface area contributed by atoms with Crippen LogP contribution in [-0.4, -0.2) is 34.6 Å². The second-order valence-corrected chi connectivity index (χ2v) is 7.05. The Labute approximate surface area is 150 Å². The zero-order valence-corrected chi connectivity index (χ0v) is 15.4. The molecule has 25 heavy (non-hydrogen) atoms. The Bertz CT molecular complexity index is 650. The minimum absolute atomic E-state index is 0.513. The third-order valence-electron chi connectivity index (χ3n) is 4.91. The Morgan fingerprint density at radius 2 is 1.80 bits per heavy atom. The summed E-state index contributed by atoms with van der Waals surface area (Å²) in [5.74, 6) is 1.76. The van der Waals surface area contributed by atoms with E-state index in [4.69, 9.17) is 4.98 Å². The molecule has 0 saturated heterocycles. The van der Waals surface area contributed by atoms with Gasteiger partial charge in [-0.1, -0.05) is 25.7 Å². The number of nitrogens with zero attached hydrogens (tertiary/aromatic N) is 4. The molecule has 0 atom stereocenters. The molecule has 2 aromatic rings. The average Bonchev–Trinajstić information content (AvgIpc) is 2.89. The van der Waals surface area contributed by atoms with Crippen molar-refractivity contribution in [3.05, 3.63) is 41.9 Å². The van der Waals surface area contributed by atoms with E-state index in [9.17, 15) is 0 Å². The van der Waals surface area contributed by atoms with Crippen LogP contribution in [0.15, 0.2) is 30.6 Å². The number of aryl methyl sites for hydroxylation is 1. The fourth-order valence-corrected chi connectivity index (χ4v) is 3.38. The van der Waals surface area contributed by atoms with Crippen molar-refractivity contribution in [2.75, 3.05) is 23.8 Å². The van der Waals surface area contributed by atoms with Crippen LogP contribution in [-0.2, 0) is 6.42 Å². The Morgan fingerprint density at radius 3 is 2.52 bits per heavy atom. The smallest absolute Gasteiger partial charge is 0.225 e. The number of likely N-dealkylation sites (N-methyl/N-ethyl adjacent to an activating group) is 1. The molecule has 1 saturated carbocycles. The van der Waals surface area contributed by atoms with E-state index in [2.05, 4.69) is 45.4 Å². The molecular formula is C20H29N5. The van der Waals surface area contributed by atoms with Gasteiger partial charge >= 0.3 is 0 Å². The van der Waals surface area contributed by atoms with E-state index in [-0.39, 0.29) is 0 Å². The van der Waals surface area contributed by atoms with Crippen molar-refractivity contribution in [2.45, 2.75) is 57.9 Å². The van der Waals surface area contributed by atoms with Gasteiger partial charge < -0.3 is 10.2 Å². The average molecular weight is 339 g/mol. The Balaban J connectivity index is 1.63. The lowest BCUT2D eigenvalue weighted by Crippen LogP contribution is -2.24. The fraction of sp³-hybridized carbons (Fsp3) is 0.550. The minimum atomic E-state index is 0.513. The number of aromatic nitrogens is 3. The molecule has 0 aliphatic heterocycles. The molecule has 2 aromatic heterocycles. The van der Waals surface area contributed by atoms with E-state index in [0.29, 0.717) is 6.04 Å². The van der Waals surface area contributed by atoms with Gasteiger partial charge in [0.1, 0.15) is 5.82 Å². The normalized spacial score (nSPS) is 15.6. The Kier molecular flexibility index (Phi) is 6.20.